The molecule has 0 aliphatic rings. The number of benzene rings is 1. The minimum atomic E-state index is 0.825. The van der Waals surface area contributed by atoms with Crippen molar-refractivity contribution >= 4 is 11.8 Å². The van der Waals surface area contributed by atoms with Crippen LogP contribution >= 0.6 is 11.8 Å². The van der Waals surface area contributed by atoms with Gasteiger partial charge in [0.05, 0.1) is 11.6 Å². The summed E-state index contributed by atoms with van der Waals surface area (Å²) in [6.07, 6.45) is 6.69. The van der Waals surface area contributed by atoms with E-state index in [1.165, 1.54) is 43.4 Å². The van der Waals surface area contributed by atoms with Crippen molar-refractivity contribution in [3.8, 4) is 6.07 Å². The second kappa shape index (κ2) is 9.13. The first-order valence-electron chi connectivity index (χ1n) is 6.44. The van der Waals surface area contributed by atoms with Gasteiger partial charge < -0.3 is 0 Å². The Morgan fingerprint density at radius 2 is 1.88 bits per heavy atom. The van der Waals surface area contributed by atoms with Crippen molar-refractivity contribution in [3.05, 3.63) is 35.4 Å². The second-order valence-electron chi connectivity index (χ2n) is 4.24. The van der Waals surface area contributed by atoms with E-state index >= 15 is 0 Å². The van der Waals surface area contributed by atoms with Crippen LogP contribution in [0.5, 0.6) is 0 Å². The van der Waals surface area contributed by atoms with E-state index in [0.29, 0.717) is 0 Å². The van der Waals surface area contributed by atoms with Gasteiger partial charge in [-0.05, 0) is 23.8 Å². The molecule has 0 saturated heterocycles. The Bertz CT molecular complexity index is 354. The number of thioether (sulfide) groups is 1. The molecule has 0 spiro atoms. The van der Waals surface area contributed by atoms with Crippen LogP contribution in [0.2, 0.25) is 0 Å². The number of rotatable bonds is 8. The first-order chi connectivity index (χ1) is 8.38. The van der Waals surface area contributed by atoms with Crippen molar-refractivity contribution in [2.75, 3.05) is 5.75 Å². The Balaban J connectivity index is 2.16. The number of hydrogen-bond acceptors (Lipinski definition) is 2. The topological polar surface area (TPSA) is 23.8 Å². The highest BCUT2D eigenvalue weighted by Crippen LogP contribution is 2.17. The second-order valence-corrected chi connectivity index (χ2v) is 5.34. The van der Waals surface area contributed by atoms with E-state index in [1.807, 2.05) is 30.0 Å². The predicted octanol–water partition coefficient (Wildman–Crippen LogP) is 4.76. The summed E-state index contributed by atoms with van der Waals surface area (Å²) < 4.78 is 0. The van der Waals surface area contributed by atoms with Crippen LogP contribution in [0.3, 0.4) is 0 Å². The molecule has 0 amide bonds. The van der Waals surface area contributed by atoms with Gasteiger partial charge >= 0.3 is 0 Å². The van der Waals surface area contributed by atoms with Crippen molar-refractivity contribution in [3.63, 3.8) is 0 Å². The zero-order chi connectivity index (χ0) is 12.3. The van der Waals surface area contributed by atoms with Crippen LogP contribution in [0.15, 0.2) is 24.3 Å². The third-order valence-corrected chi connectivity index (χ3v) is 3.88. The molecule has 0 N–H and O–H groups in total. The number of nitrogens with zero attached hydrogens (tertiary/aromatic N) is 1. The van der Waals surface area contributed by atoms with E-state index in [1.54, 1.807) is 0 Å². The maximum atomic E-state index is 8.96. The molecule has 0 unspecified atom stereocenters. The van der Waals surface area contributed by atoms with Crippen molar-refractivity contribution < 1.29 is 0 Å². The predicted molar refractivity (Wildman–Crippen MR) is 76.1 cm³/mol. The van der Waals surface area contributed by atoms with Gasteiger partial charge in [0.25, 0.3) is 0 Å². The quantitative estimate of drug-likeness (QED) is 0.618. The van der Waals surface area contributed by atoms with Gasteiger partial charge in [0, 0.05) is 5.75 Å². The van der Waals surface area contributed by atoms with Crippen LogP contribution in [-0.2, 0) is 5.75 Å². The Morgan fingerprint density at radius 1 is 1.12 bits per heavy atom. The SMILES string of the molecule is CCCCCCCSCc1ccccc1C#N. The zero-order valence-electron chi connectivity index (χ0n) is 10.6. The molecule has 17 heavy (non-hydrogen) atoms. The molecule has 0 aliphatic carbocycles. The Labute approximate surface area is 109 Å². The summed E-state index contributed by atoms with van der Waals surface area (Å²) in [6, 6.07) is 10.1. The summed E-state index contributed by atoms with van der Waals surface area (Å²) in [5.74, 6) is 2.18. The fraction of sp³-hybridized carbons (Fsp3) is 0.533. The van der Waals surface area contributed by atoms with E-state index < -0.39 is 0 Å². The van der Waals surface area contributed by atoms with Crippen LogP contribution in [0, 0.1) is 11.3 Å². The molecular formula is C15H21NS. The Kier molecular flexibility index (Phi) is 7.58. The first-order valence-corrected chi connectivity index (χ1v) is 7.59. The van der Waals surface area contributed by atoms with E-state index in [-0.39, 0.29) is 0 Å². The normalized spacial score (nSPS) is 10.1. The Morgan fingerprint density at radius 3 is 2.65 bits per heavy atom. The maximum Gasteiger partial charge on any atom is 0.0994 e. The van der Waals surface area contributed by atoms with Gasteiger partial charge in [0.1, 0.15) is 0 Å². The van der Waals surface area contributed by atoms with Crippen molar-refractivity contribution in [2.45, 2.75) is 44.8 Å². The monoisotopic (exact) mass is 247 g/mol. The molecule has 92 valence electrons. The van der Waals surface area contributed by atoms with Crippen LogP contribution in [0.4, 0.5) is 0 Å². The lowest BCUT2D eigenvalue weighted by Crippen LogP contribution is -1.88. The molecule has 1 aromatic rings. The molecular weight excluding hydrogens is 226 g/mol. The lowest BCUT2D eigenvalue weighted by Gasteiger charge is -2.03. The molecule has 1 rings (SSSR count). The van der Waals surface area contributed by atoms with E-state index in [4.69, 9.17) is 5.26 Å². The van der Waals surface area contributed by atoms with E-state index in [9.17, 15) is 0 Å². The molecule has 0 saturated carbocycles. The van der Waals surface area contributed by atoms with Crippen LogP contribution in [0.25, 0.3) is 0 Å². The maximum absolute atomic E-state index is 8.96. The third kappa shape index (κ3) is 5.79. The molecule has 0 fully saturated rings. The fourth-order valence-corrected chi connectivity index (χ4v) is 2.77. The van der Waals surface area contributed by atoms with Gasteiger partial charge in [-0.1, -0.05) is 50.8 Å². The van der Waals surface area contributed by atoms with E-state index in [2.05, 4.69) is 19.1 Å². The van der Waals surface area contributed by atoms with Gasteiger partial charge in [0.15, 0.2) is 0 Å². The Hall–Kier alpha value is -0.940. The summed E-state index contributed by atoms with van der Waals surface area (Å²) >= 11 is 1.94. The van der Waals surface area contributed by atoms with Crippen molar-refractivity contribution in [2.24, 2.45) is 0 Å². The molecule has 0 aromatic heterocycles. The van der Waals surface area contributed by atoms with Gasteiger partial charge in [0.2, 0.25) is 0 Å². The van der Waals surface area contributed by atoms with Crippen LogP contribution < -0.4 is 0 Å². The first kappa shape index (κ1) is 14.1. The van der Waals surface area contributed by atoms with Gasteiger partial charge in [-0.3, -0.25) is 0 Å². The molecule has 1 nitrogen and oxygen atoms in total. The summed E-state index contributed by atoms with van der Waals surface area (Å²) in [5.41, 5.74) is 2.00. The zero-order valence-corrected chi connectivity index (χ0v) is 11.4. The third-order valence-electron chi connectivity index (χ3n) is 2.79. The number of unbranched alkanes of at least 4 members (excludes halogenated alkanes) is 4. The molecule has 0 radical (unpaired) electrons. The summed E-state index contributed by atoms with van der Waals surface area (Å²) in [5, 5.41) is 8.96. The van der Waals surface area contributed by atoms with Crippen molar-refractivity contribution in [1.29, 1.82) is 5.26 Å². The standard InChI is InChI=1S/C15H21NS/c1-2-3-4-5-8-11-17-13-15-10-7-6-9-14(15)12-16/h6-7,9-10H,2-5,8,11,13H2,1H3. The average molecular weight is 247 g/mol. The highest BCUT2D eigenvalue weighted by atomic mass is 32.2. The smallest absolute Gasteiger partial charge is 0.0994 e. The van der Waals surface area contributed by atoms with Gasteiger partial charge in [-0.15, -0.1) is 0 Å². The summed E-state index contributed by atoms with van der Waals surface area (Å²) in [4.78, 5) is 0. The van der Waals surface area contributed by atoms with Crippen molar-refractivity contribution in [1.82, 2.24) is 0 Å². The largest absolute Gasteiger partial charge is 0.192 e. The minimum Gasteiger partial charge on any atom is -0.192 e. The molecule has 0 heterocycles. The molecule has 2 heteroatoms. The van der Waals surface area contributed by atoms with Crippen LogP contribution in [-0.4, -0.2) is 5.75 Å². The fourth-order valence-electron chi connectivity index (χ4n) is 1.75. The van der Waals surface area contributed by atoms with E-state index in [0.717, 1.165) is 11.3 Å². The molecule has 0 aliphatic heterocycles. The number of nitriles is 1. The molecule has 0 bridgehead atoms. The summed E-state index contributed by atoms with van der Waals surface area (Å²) in [6.45, 7) is 2.24. The highest BCUT2D eigenvalue weighted by Gasteiger charge is 2.00. The van der Waals surface area contributed by atoms with Crippen LogP contribution in [0.1, 0.15) is 50.2 Å². The lowest BCUT2D eigenvalue weighted by atomic mass is 10.1. The average Bonchev–Trinajstić information content (AvgIpc) is 2.38. The number of hydrogen-bond donors (Lipinski definition) is 0. The molecule has 1 aromatic carbocycles. The van der Waals surface area contributed by atoms with Gasteiger partial charge in [-0.2, -0.15) is 17.0 Å². The minimum absolute atomic E-state index is 0.825. The highest BCUT2D eigenvalue weighted by molar-refractivity contribution is 7.98. The molecule has 0 atom stereocenters. The van der Waals surface area contributed by atoms with Gasteiger partial charge in [-0.25, -0.2) is 0 Å². The summed E-state index contributed by atoms with van der Waals surface area (Å²) in [7, 11) is 0. The lowest BCUT2D eigenvalue weighted by molar-refractivity contribution is 0.659.